The number of amides is 1. The molecule has 0 radical (unpaired) electrons. The van der Waals surface area contributed by atoms with Crippen LogP contribution in [0.4, 0.5) is 0 Å². The summed E-state index contributed by atoms with van der Waals surface area (Å²) >= 11 is 0. The molecule has 0 aliphatic rings. The van der Waals surface area contributed by atoms with E-state index in [1.807, 2.05) is 0 Å². The quantitative estimate of drug-likeness (QED) is 0.822. The molecule has 0 aliphatic carbocycles. The van der Waals surface area contributed by atoms with Crippen LogP contribution in [0.1, 0.15) is 37.7 Å². The molecule has 1 heterocycles. The summed E-state index contributed by atoms with van der Waals surface area (Å²) < 4.78 is 1.64. The molecule has 0 aromatic carbocycles. The van der Waals surface area contributed by atoms with Gasteiger partial charge in [-0.2, -0.15) is 0 Å². The average Bonchev–Trinajstić information content (AvgIpc) is 2.58. The molecule has 17 heavy (non-hydrogen) atoms. The van der Waals surface area contributed by atoms with E-state index in [1.54, 1.807) is 17.9 Å². The van der Waals surface area contributed by atoms with Gasteiger partial charge in [0.1, 0.15) is 5.69 Å². The van der Waals surface area contributed by atoms with E-state index >= 15 is 0 Å². The van der Waals surface area contributed by atoms with E-state index in [0.717, 1.165) is 0 Å². The van der Waals surface area contributed by atoms with Crippen molar-refractivity contribution >= 4 is 5.91 Å². The third kappa shape index (κ3) is 4.56. The molecule has 0 fully saturated rings. The number of rotatable bonds is 4. The second-order valence-electron chi connectivity index (χ2n) is 5.52. The van der Waals surface area contributed by atoms with Gasteiger partial charge in [-0.05, 0) is 11.8 Å². The lowest BCUT2D eigenvalue weighted by Crippen LogP contribution is -2.34. The fourth-order valence-corrected chi connectivity index (χ4v) is 1.66. The maximum Gasteiger partial charge on any atom is 0.269 e. The number of aryl methyl sites for hydroxylation is 1. The molecule has 2 N–H and O–H groups in total. The van der Waals surface area contributed by atoms with Gasteiger partial charge in [0.05, 0.1) is 18.6 Å². The smallest absolute Gasteiger partial charge is 0.269 e. The Labute approximate surface area is 102 Å². The maximum absolute atomic E-state index is 11.7. The fraction of sp³-hybridized carbons (Fsp3) is 0.667. The van der Waals surface area contributed by atoms with Gasteiger partial charge < -0.3 is 15.0 Å². The van der Waals surface area contributed by atoms with Crippen LogP contribution in [0.5, 0.6) is 0 Å². The Morgan fingerprint density at radius 2 is 2.24 bits per heavy atom. The number of nitrogens with one attached hydrogen (secondary N) is 1. The highest BCUT2D eigenvalue weighted by Crippen LogP contribution is 2.20. The minimum Gasteiger partial charge on any atom is -0.391 e. The number of aromatic nitrogens is 2. The van der Waals surface area contributed by atoms with E-state index < -0.39 is 6.10 Å². The van der Waals surface area contributed by atoms with Gasteiger partial charge in [0, 0.05) is 13.6 Å². The second-order valence-corrected chi connectivity index (χ2v) is 5.52. The number of aliphatic hydroxyl groups is 1. The van der Waals surface area contributed by atoms with Gasteiger partial charge in [-0.3, -0.25) is 4.79 Å². The number of carbonyl (C=O) groups is 1. The minimum absolute atomic E-state index is 0.0523. The molecule has 0 bridgehead atoms. The van der Waals surface area contributed by atoms with Crippen molar-refractivity contribution in [2.24, 2.45) is 12.5 Å². The van der Waals surface area contributed by atoms with Crippen LogP contribution in [-0.4, -0.2) is 33.2 Å². The van der Waals surface area contributed by atoms with Crippen molar-refractivity contribution < 1.29 is 9.90 Å². The molecule has 1 rings (SSSR count). The fourth-order valence-electron chi connectivity index (χ4n) is 1.66. The lowest BCUT2D eigenvalue weighted by Gasteiger charge is -2.22. The van der Waals surface area contributed by atoms with Gasteiger partial charge in [-0.25, -0.2) is 4.98 Å². The Hall–Kier alpha value is -1.36. The zero-order valence-electron chi connectivity index (χ0n) is 10.9. The standard InChI is InChI=1S/C12H21N3O2/c1-12(2,3)5-9(16)6-14-11(17)10-7-13-8-15(10)4/h7-9,16H,5-6H2,1-4H3,(H,14,17). The molecule has 1 aromatic rings. The van der Waals surface area contributed by atoms with Crippen LogP contribution < -0.4 is 5.32 Å². The predicted molar refractivity (Wildman–Crippen MR) is 65.6 cm³/mol. The van der Waals surface area contributed by atoms with Crippen LogP contribution in [0.2, 0.25) is 0 Å². The van der Waals surface area contributed by atoms with Gasteiger partial charge in [0.25, 0.3) is 5.91 Å². The zero-order chi connectivity index (χ0) is 13.1. The van der Waals surface area contributed by atoms with Gasteiger partial charge in [0.15, 0.2) is 0 Å². The van der Waals surface area contributed by atoms with Crippen molar-refractivity contribution in [3.8, 4) is 0 Å². The van der Waals surface area contributed by atoms with Crippen LogP contribution in [0, 0.1) is 5.41 Å². The van der Waals surface area contributed by atoms with E-state index in [0.29, 0.717) is 12.1 Å². The normalized spacial score (nSPS) is 13.5. The first-order valence-electron chi connectivity index (χ1n) is 5.72. The third-order valence-corrected chi connectivity index (χ3v) is 2.40. The summed E-state index contributed by atoms with van der Waals surface area (Å²) in [5, 5.41) is 12.5. The van der Waals surface area contributed by atoms with Gasteiger partial charge in [-0.15, -0.1) is 0 Å². The van der Waals surface area contributed by atoms with Crippen LogP contribution in [0.15, 0.2) is 12.5 Å². The average molecular weight is 239 g/mol. The molecule has 0 spiro atoms. The molecule has 0 saturated carbocycles. The Balaban J connectivity index is 2.42. The highest BCUT2D eigenvalue weighted by atomic mass is 16.3. The summed E-state index contributed by atoms with van der Waals surface area (Å²) in [6.07, 6.45) is 3.21. The molecule has 1 aromatic heterocycles. The Morgan fingerprint density at radius 3 is 2.71 bits per heavy atom. The summed E-state index contributed by atoms with van der Waals surface area (Å²) in [7, 11) is 1.76. The number of carbonyl (C=O) groups excluding carboxylic acids is 1. The van der Waals surface area contributed by atoms with E-state index in [1.165, 1.54) is 6.20 Å². The van der Waals surface area contributed by atoms with E-state index in [9.17, 15) is 9.90 Å². The molecule has 1 atom stereocenters. The first kappa shape index (κ1) is 13.7. The molecule has 1 unspecified atom stereocenters. The number of hydrogen-bond donors (Lipinski definition) is 2. The van der Waals surface area contributed by atoms with Crippen molar-refractivity contribution in [2.75, 3.05) is 6.54 Å². The predicted octanol–water partition coefficient (Wildman–Crippen LogP) is 0.947. The Bertz CT molecular complexity index is 379. The Kier molecular flexibility index (Phi) is 4.28. The van der Waals surface area contributed by atoms with Gasteiger partial charge >= 0.3 is 0 Å². The van der Waals surface area contributed by atoms with Crippen LogP contribution in [0.3, 0.4) is 0 Å². The zero-order valence-corrected chi connectivity index (χ0v) is 10.9. The summed E-state index contributed by atoms with van der Waals surface area (Å²) in [4.78, 5) is 15.6. The lowest BCUT2D eigenvalue weighted by molar-refractivity contribution is 0.0861. The van der Waals surface area contributed by atoms with E-state index in [2.05, 4.69) is 31.1 Å². The molecular weight excluding hydrogens is 218 g/mol. The van der Waals surface area contributed by atoms with Crippen molar-refractivity contribution in [1.82, 2.24) is 14.9 Å². The SMILES string of the molecule is Cn1cncc1C(=O)NCC(O)CC(C)(C)C. The summed E-state index contributed by atoms with van der Waals surface area (Å²) in [6, 6.07) is 0. The molecule has 96 valence electrons. The molecule has 1 amide bonds. The summed E-state index contributed by atoms with van der Waals surface area (Å²) in [5.41, 5.74) is 0.546. The summed E-state index contributed by atoms with van der Waals surface area (Å²) in [5.74, 6) is -0.210. The highest BCUT2D eigenvalue weighted by Gasteiger charge is 2.18. The Morgan fingerprint density at radius 1 is 1.59 bits per heavy atom. The minimum atomic E-state index is -0.521. The number of hydrogen-bond acceptors (Lipinski definition) is 3. The second kappa shape index (κ2) is 5.31. The van der Waals surface area contributed by atoms with E-state index in [4.69, 9.17) is 0 Å². The van der Waals surface area contributed by atoms with Crippen molar-refractivity contribution in [3.63, 3.8) is 0 Å². The van der Waals surface area contributed by atoms with Gasteiger partial charge in [-0.1, -0.05) is 20.8 Å². The lowest BCUT2D eigenvalue weighted by atomic mass is 9.89. The number of nitrogens with zero attached hydrogens (tertiary/aromatic N) is 2. The molecule has 0 saturated heterocycles. The molecule has 5 nitrogen and oxygen atoms in total. The largest absolute Gasteiger partial charge is 0.391 e. The topological polar surface area (TPSA) is 67.2 Å². The molecule has 5 heteroatoms. The maximum atomic E-state index is 11.7. The summed E-state index contributed by atoms with van der Waals surface area (Å²) in [6.45, 7) is 6.43. The van der Waals surface area contributed by atoms with E-state index in [-0.39, 0.29) is 17.9 Å². The van der Waals surface area contributed by atoms with Crippen molar-refractivity contribution in [3.05, 3.63) is 18.2 Å². The molecule has 0 aliphatic heterocycles. The monoisotopic (exact) mass is 239 g/mol. The number of aliphatic hydroxyl groups excluding tert-OH is 1. The van der Waals surface area contributed by atoms with Crippen LogP contribution in [0.25, 0.3) is 0 Å². The van der Waals surface area contributed by atoms with Crippen molar-refractivity contribution in [1.29, 1.82) is 0 Å². The number of imidazole rings is 1. The molecular formula is C12H21N3O2. The first-order chi connectivity index (χ1) is 7.79. The third-order valence-electron chi connectivity index (χ3n) is 2.40. The first-order valence-corrected chi connectivity index (χ1v) is 5.72. The van der Waals surface area contributed by atoms with Crippen LogP contribution >= 0.6 is 0 Å². The van der Waals surface area contributed by atoms with Crippen molar-refractivity contribution in [2.45, 2.75) is 33.3 Å². The van der Waals surface area contributed by atoms with Crippen LogP contribution in [-0.2, 0) is 7.05 Å². The van der Waals surface area contributed by atoms with Gasteiger partial charge in [0.2, 0.25) is 0 Å². The highest BCUT2D eigenvalue weighted by molar-refractivity contribution is 5.92.